The summed E-state index contributed by atoms with van der Waals surface area (Å²) in [6.45, 7) is 6.54. The molecule has 0 saturated carbocycles. The highest BCUT2D eigenvalue weighted by molar-refractivity contribution is 7.89. The molecule has 1 fully saturated rings. The molecular formula is C26H28FN5O2S. The molecule has 0 aliphatic carbocycles. The van der Waals surface area contributed by atoms with Gasteiger partial charge in [0.05, 0.1) is 17.4 Å². The van der Waals surface area contributed by atoms with Gasteiger partial charge in [0.15, 0.2) is 0 Å². The van der Waals surface area contributed by atoms with Crippen molar-refractivity contribution in [1.82, 2.24) is 24.0 Å². The van der Waals surface area contributed by atoms with Gasteiger partial charge in [-0.3, -0.25) is 9.88 Å². The molecule has 0 amide bonds. The fourth-order valence-electron chi connectivity index (χ4n) is 4.86. The molecule has 1 saturated heterocycles. The molecule has 0 unspecified atom stereocenters. The Hall–Kier alpha value is -3.14. The van der Waals surface area contributed by atoms with Gasteiger partial charge in [0.2, 0.25) is 10.0 Å². The van der Waals surface area contributed by atoms with Gasteiger partial charge in [0, 0.05) is 43.5 Å². The summed E-state index contributed by atoms with van der Waals surface area (Å²) in [5.41, 5.74) is 3.87. The van der Waals surface area contributed by atoms with Gasteiger partial charge in [-0.05, 0) is 79.5 Å². The Morgan fingerprint density at radius 2 is 1.89 bits per heavy atom. The average Bonchev–Trinajstić information content (AvgIpc) is 3.27. The van der Waals surface area contributed by atoms with E-state index in [1.54, 1.807) is 45.6 Å². The number of sulfonamides is 1. The van der Waals surface area contributed by atoms with E-state index < -0.39 is 10.0 Å². The van der Waals surface area contributed by atoms with Crippen LogP contribution >= 0.6 is 0 Å². The molecule has 1 aliphatic heterocycles. The molecule has 182 valence electrons. The van der Waals surface area contributed by atoms with Crippen molar-refractivity contribution >= 4 is 20.9 Å². The smallest absolute Gasteiger partial charge is 0.244 e. The predicted molar refractivity (Wildman–Crippen MR) is 133 cm³/mol. The third-order valence-corrected chi connectivity index (χ3v) is 8.47. The lowest BCUT2D eigenvalue weighted by atomic mass is 9.96. The van der Waals surface area contributed by atoms with E-state index in [1.165, 1.54) is 18.3 Å². The molecule has 1 aliphatic rings. The normalized spacial score (nSPS) is 17.7. The molecule has 2 aromatic carbocycles. The molecule has 1 atom stereocenters. The molecule has 3 heterocycles. The molecule has 0 radical (unpaired) electrons. The Morgan fingerprint density at radius 1 is 1.09 bits per heavy atom. The number of rotatable bonds is 6. The zero-order valence-electron chi connectivity index (χ0n) is 19.8. The number of pyridine rings is 1. The van der Waals surface area contributed by atoms with Gasteiger partial charge in [-0.1, -0.05) is 6.92 Å². The Morgan fingerprint density at radius 3 is 2.60 bits per heavy atom. The van der Waals surface area contributed by atoms with Crippen LogP contribution in [0.3, 0.4) is 0 Å². The molecule has 9 heteroatoms. The van der Waals surface area contributed by atoms with E-state index in [0.717, 1.165) is 40.7 Å². The molecular weight excluding hydrogens is 465 g/mol. The summed E-state index contributed by atoms with van der Waals surface area (Å²) in [7, 11) is -3.64. The van der Waals surface area contributed by atoms with Crippen LogP contribution in [0.2, 0.25) is 0 Å². The van der Waals surface area contributed by atoms with Crippen molar-refractivity contribution in [2.45, 2.75) is 31.2 Å². The van der Waals surface area contributed by atoms with Crippen LogP contribution in [0.4, 0.5) is 4.39 Å². The van der Waals surface area contributed by atoms with Crippen molar-refractivity contribution in [3.05, 3.63) is 84.1 Å². The van der Waals surface area contributed by atoms with Crippen molar-refractivity contribution in [2.75, 3.05) is 26.2 Å². The lowest BCUT2D eigenvalue weighted by Gasteiger charge is -2.41. The summed E-state index contributed by atoms with van der Waals surface area (Å²) < 4.78 is 43.5. The number of aromatic nitrogens is 3. The van der Waals surface area contributed by atoms with Gasteiger partial charge in [0.1, 0.15) is 10.7 Å². The molecule has 35 heavy (non-hydrogen) atoms. The van der Waals surface area contributed by atoms with Crippen LogP contribution in [-0.2, 0) is 10.0 Å². The lowest BCUT2D eigenvalue weighted by Crippen LogP contribution is -2.50. The summed E-state index contributed by atoms with van der Waals surface area (Å²) in [6, 6.07) is 13.6. The maximum atomic E-state index is 13.4. The van der Waals surface area contributed by atoms with Crippen LogP contribution in [-0.4, -0.2) is 58.6 Å². The van der Waals surface area contributed by atoms with Crippen LogP contribution < -0.4 is 0 Å². The van der Waals surface area contributed by atoms with Crippen LogP contribution in [0, 0.1) is 12.7 Å². The Kier molecular flexibility index (Phi) is 6.39. The van der Waals surface area contributed by atoms with Crippen LogP contribution in [0.15, 0.2) is 72.0 Å². The molecule has 0 N–H and O–H groups in total. The molecule has 0 bridgehead atoms. The van der Waals surface area contributed by atoms with Crippen molar-refractivity contribution in [2.24, 2.45) is 0 Å². The Bertz CT molecular complexity index is 1440. The minimum atomic E-state index is -3.64. The number of nitrogens with zero attached hydrogens (tertiary/aromatic N) is 5. The van der Waals surface area contributed by atoms with Crippen LogP contribution in [0.25, 0.3) is 16.6 Å². The fourth-order valence-corrected chi connectivity index (χ4v) is 6.26. The zero-order chi connectivity index (χ0) is 24.6. The van der Waals surface area contributed by atoms with Crippen LogP contribution in [0.5, 0.6) is 0 Å². The van der Waals surface area contributed by atoms with Gasteiger partial charge in [0.25, 0.3) is 0 Å². The number of halogens is 1. The number of hydrogen-bond acceptors (Lipinski definition) is 5. The highest BCUT2D eigenvalue weighted by atomic mass is 32.2. The fraction of sp³-hybridized carbons (Fsp3) is 0.308. The van der Waals surface area contributed by atoms with Crippen molar-refractivity contribution in [3.63, 3.8) is 0 Å². The third kappa shape index (κ3) is 4.47. The van der Waals surface area contributed by atoms with E-state index in [-0.39, 0.29) is 16.8 Å². The van der Waals surface area contributed by atoms with E-state index >= 15 is 0 Å². The topological polar surface area (TPSA) is 71.3 Å². The number of benzene rings is 2. The first-order valence-corrected chi connectivity index (χ1v) is 13.2. The van der Waals surface area contributed by atoms with E-state index in [9.17, 15) is 12.8 Å². The maximum Gasteiger partial charge on any atom is 0.244 e. The summed E-state index contributed by atoms with van der Waals surface area (Å²) in [5, 5.41) is 5.50. The maximum absolute atomic E-state index is 13.4. The highest BCUT2D eigenvalue weighted by Gasteiger charge is 2.35. The Balaban J connectivity index is 1.52. The van der Waals surface area contributed by atoms with Gasteiger partial charge in [-0.15, -0.1) is 0 Å². The van der Waals surface area contributed by atoms with E-state index in [0.29, 0.717) is 19.6 Å². The molecule has 4 aromatic rings. The van der Waals surface area contributed by atoms with E-state index in [4.69, 9.17) is 0 Å². The molecule has 0 spiro atoms. The first-order valence-electron chi connectivity index (χ1n) is 11.8. The quantitative estimate of drug-likeness (QED) is 0.400. The second-order valence-corrected chi connectivity index (χ2v) is 10.8. The van der Waals surface area contributed by atoms with Gasteiger partial charge >= 0.3 is 0 Å². The summed E-state index contributed by atoms with van der Waals surface area (Å²) in [5.74, 6) is -0.289. The summed E-state index contributed by atoms with van der Waals surface area (Å²) >= 11 is 0. The summed E-state index contributed by atoms with van der Waals surface area (Å²) in [6.07, 6.45) is 5.77. The first-order chi connectivity index (χ1) is 16.9. The molecule has 7 nitrogen and oxygen atoms in total. The summed E-state index contributed by atoms with van der Waals surface area (Å²) in [4.78, 5) is 6.59. The predicted octanol–water partition coefficient (Wildman–Crippen LogP) is 4.33. The Labute approximate surface area is 204 Å². The number of hydrogen-bond donors (Lipinski definition) is 0. The van der Waals surface area contributed by atoms with Crippen LogP contribution in [0.1, 0.15) is 30.5 Å². The van der Waals surface area contributed by atoms with Gasteiger partial charge in [-0.25, -0.2) is 17.5 Å². The SMILES string of the molecule is CCCN1CCN(S(=O)(=O)c2cccnc2)C[C@@H]1c1cc2cnn(-c3ccc(F)cc3)c2cc1C. The van der Waals surface area contributed by atoms with Gasteiger partial charge < -0.3 is 0 Å². The van der Waals surface area contributed by atoms with Crippen molar-refractivity contribution in [1.29, 1.82) is 0 Å². The number of fused-ring (bicyclic) bond motifs is 1. The second-order valence-electron chi connectivity index (χ2n) is 8.90. The first kappa shape index (κ1) is 23.6. The highest BCUT2D eigenvalue weighted by Crippen LogP contribution is 2.33. The molecule has 5 rings (SSSR count). The minimum Gasteiger partial charge on any atom is -0.294 e. The van der Waals surface area contributed by atoms with E-state index in [2.05, 4.69) is 41.0 Å². The monoisotopic (exact) mass is 493 g/mol. The number of aryl methyl sites for hydroxylation is 1. The zero-order valence-corrected chi connectivity index (χ0v) is 20.6. The largest absolute Gasteiger partial charge is 0.294 e. The standard InChI is InChI=1S/C26H28FN5O2S/c1-3-11-30-12-13-31(35(33,34)23-5-4-10-28-17-23)18-26(30)24-15-20-16-29-32(25(20)14-19(24)2)22-8-6-21(27)7-9-22/h4-10,14-17,26H,3,11-13,18H2,1-2H3/t26-/m1/s1. The second kappa shape index (κ2) is 9.49. The van der Waals surface area contributed by atoms with Crippen molar-refractivity contribution in [3.8, 4) is 5.69 Å². The third-order valence-electron chi connectivity index (χ3n) is 6.62. The number of piperazine rings is 1. The lowest BCUT2D eigenvalue weighted by molar-refractivity contribution is 0.118. The minimum absolute atomic E-state index is 0.0753. The van der Waals surface area contributed by atoms with Crippen molar-refractivity contribution < 1.29 is 12.8 Å². The molecule has 2 aromatic heterocycles. The van der Waals surface area contributed by atoms with E-state index in [1.807, 2.05) is 0 Å². The average molecular weight is 494 g/mol. The van der Waals surface area contributed by atoms with Gasteiger partial charge in [-0.2, -0.15) is 9.40 Å².